The van der Waals surface area contributed by atoms with Crippen LogP contribution in [0.25, 0.3) is 0 Å². The molecular weight excluding hydrogens is 180 g/mol. The number of anilines is 1. The zero-order valence-electron chi connectivity index (χ0n) is 8.98. The average molecular weight is 196 g/mol. The van der Waals surface area contributed by atoms with Crippen LogP contribution in [0.3, 0.4) is 0 Å². The van der Waals surface area contributed by atoms with Gasteiger partial charge in [0.25, 0.3) is 0 Å². The van der Waals surface area contributed by atoms with Crippen molar-refractivity contribution in [1.29, 1.82) is 0 Å². The number of aryl methyl sites for hydroxylation is 1. The zero-order valence-corrected chi connectivity index (χ0v) is 8.98. The lowest BCUT2D eigenvalue weighted by Gasteiger charge is -2.16. The highest BCUT2D eigenvalue weighted by atomic mass is 16.2. The van der Waals surface area contributed by atoms with Gasteiger partial charge in [-0.2, -0.15) is 5.10 Å². The van der Waals surface area contributed by atoms with Crippen molar-refractivity contribution in [2.75, 3.05) is 19.8 Å². The van der Waals surface area contributed by atoms with E-state index in [0.717, 1.165) is 5.69 Å². The summed E-state index contributed by atoms with van der Waals surface area (Å²) in [6.45, 7) is 3.62. The molecule has 2 N–H and O–H groups in total. The second kappa shape index (κ2) is 3.69. The van der Waals surface area contributed by atoms with Crippen molar-refractivity contribution >= 4 is 11.6 Å². The first-order chi connectivity index (χ1) is 6.43. The molecule has 1 unspecified atom stereocenters. The van der Waals surface area contributed by atoms with E-state index in [0.29, 0.717) is 5.69 Å². The first kappa shape index (κ1) is 10.6. The third-order valence-corrected chi connectivity index (χ3v) is 2.15. The van der Waals surface area contributed by atoms with Crippen LogP contribution in [-0.4, -0.2) is 34.7 Å². The molecule has 0 aromatic carbocycles. The van der Waals surface area contributed by atoms with Gasteiger partial charge < -0.3 is 10.6 Å². The molecule has 0 radical (unpaired) electrons. The molecule has 78 valence electrons. The van der Waals surface area contributed by atoms with Gasteiger partial charge in [-0.15, -0.1) is 0 Å². The number of carbonyl (C=O) groups excluding carboxylic acids is 1. The van der Waals surface area contributed by atoms with Crippen molar-refractivity contribution in [3.63, 3.8) is 0 Å². The Labute approximate surface area is 83.5 Å². The van der Waals surface area contributed by atoms with Crippen molar-refractivity contribution in [1.82, 2.24) is 14.7 Å². The van der Waals surface area contributed by atoms with Crippen molar-refractivity contribution in [2.45, 2.75) is 19.9 Å². The fraction of sp³-hybridized carbons (Fsp3) is 0.556. The SMILES string of the molecule is Cc1nn(C(C)C(=O)N(C)C)cc1N. The van der Waals surface area contributed by atoms with Gasteiger partial charge >= 0.3 is 0 Å². The van der Waals surface area contributed by atoms with E-state index in [1.807, 2.05) is 6.92 Å². The Hall–Kier alpha value is -1.52. The molecule has 14 heavy (non-hydrogen) atoms. The van der Waals surface area contributed by atoms with Crippen LogP contribution in [0.5, 0.6) is 0 Å². The number of aromatic nitrogens is 2. The summed E-state index contributed by atoms with van der Waals surface area (Å²) in [4.78, 5) is 13.1. The number of likely N-dealkylation sites (N-methyl/N-ethyl adjacent to an activating group) is 1. The quantitative estimate of drug-likeness (QED) is 0.745. The topological polar surface area (TPSA) is 64.2 Å². The molecule has 5 heteroatoms. The number of nitrogens with two attached hydrogens (primary N) is 1. The maximum absolute atomic E-state index is 11.6. The molecule has 0 aliphatic rings. The van der Waals surface area contributed by atoms with Gasteiger partial charge in [0.15, 0.2) is 0 Å². The molecule has 0 saturated carbocycles. The lowest BCUT2D eigenvalue weighted by molar-refractivity contribution is -0.131. The van der Waals surface area contributed by atoms with Gasteiger partial charge in [0.2, 0.25) is 5.91 Å². The molecule has 0 bridgehead atoms. The van der Waals surface area contributed by atoms with Crippen molar-refractivity contribution in [2.24, 2.45) is 0 Å². The number of carbonyl (C=O) groups is 1. The first-order valence-electron chi connectivity index (χ1n) is 4.46. The predicted octanol–water partition coefficient (Wildman–Crippen LogP) is 0.423. The highest BCUT2D eigenvalue weighted by Gasteiger charge is 2.18. The van der Waals surface area contributed by atoms with Crippen LogP contribution in [0, 0.1) is 6.92 Å². The lowest BCUT2D eigenvalue weighted by atomic mass is 10.3. The summed E-state index contributed by atoms with van der Waals surface area (Å²) < 4.78 is 1.59. The standard InChI is InChI=1S/C9H16N4O/c1-6-8(10)5-13(11-6)7(2)9(14)12(3)4/h5,7H,10H2,1-4H3. The van der Waals surface area contributed by atoms with Gasteiger partial charge in [-0.25, -0.2) is 0 Å². The minimum atomic E-state index is -0.305. The number of nitrogen functional groups attached to an aromatic ring is 1. The Morgan fingerprint density at radius 3 is 2.57 bits per heavy atom. The molecule has 1 atom stereocenters. The molecule has 1 rings (SSSR count). The van der Waals surface area contributed by atoms with E-state index >= 15 is 0 Å². The minimum absolute atomic E-state index is 0.00694. The molecule has 1 aromatic heterocycles. The van der Waals surface area contributed by atoms with Crippen LogP contribution in [0.2, 0.25) is 0 Å². The van der Waals surface area contributed by atoms with Gasteiger partial charge in [-0.1, -0.05) is 0 Å². The van der Waals surface area contributed by atoms with Crippen molar-refractivity contribution in [3.05, 3.63) is 11.9 Å². The number of hydrogen-bond acceptors (Lipinski definition) is 3. The van der Waals surface area contributed by atoms with E-state index < -0.39 is 0 Å². The maximum Gasteiger partial charge on any atom is 0.246 e. The van der Waals surface area contributed by atoms with Crippen LogP contribution < -0.4 is 5.73 Å². The highest BCUT2D eigenvalue weighted by molar-refractivity contribution is 5.79. The fourth-order valence-electron chi connectivity index (χ4n) is 1.18. The van der Waals surface area contributed by atoms with E-state index in [2.05, 4.69) is 5.10 Å². The second-order valence-corrected chi connectivity index (χ2v) is 3.56. The third kappa shape index (κ3) is 1.86. The summed E-state index contributed by atoms with van der Waals surface area (Å²) >= 11 is 0. The summed E-state index contributed by atoms with van der Waals surface area (Å²) in [6, 6.07) is -0.305. The second-order valence-electron chi connectivity index (χ2n) is 3.56. The summed E-state index contributed by atoms with van der Waals surface area (Å²) in [6.07, 6.45) is 1.68. The molecule has 1 aromatic rings. The van der Waals surface area contributed by atoms with E-state index in [9.17, 15) is 4.79 Å². The summed E-state index contributed by atoms with van der Waals surface area (Å²) in [5.41, 5.74) is 7.01. The molecule has 1 amide bonds. The first-order valence-corrected chi connectivity index (χ1v) is 4.46. The van der Waals surface area contributed by atoms with Gasteiger partial charge in [-0.05, 0) is 13.8 Å². The van der Waals surface area contributed by atoms with Crippen molar-refractivity contribution in [3.8, 4) is 0 Å². The zero-order chi connectivity index (χ0) is 10.9. The van der Waals surface area contributed by atoms with E-state index in [1.165, 1.54) is 4.90 Å². The van der Waals surface area contributed by atoms with Crippen LogP contribution in [0.4, 0.5) is 5.69 Å². The number of rotatable bonds is 2. The molecule has 0 fully saturated rings. The lowest BCUT2D eigenvalue weighted by Crippen LogP contribution is -2.30. The molecule has 0 aliphatic carbocycles. The smallest absolute Gasteiger partial charge is 0.246 e. The largest absolute Gasteiger partial charge is 0.396 e. The van der Waals surface area contributed by atoms with E-state index in [1.54, 1.807) is 31.9 Å². The molecule has 0 spiro atoms. The van der Waals surface area contributed by atoms with Gasteiger partial charge in [0, 0.05) is 20.3 Å². The Bertz CT molecular complexity index is 323. The van der Waals surface area contributed by atoms with E-state index in [4.69, 9.17) is 5.73 Å². The summed E-state index contributed by atoms with van der Waals surface area (Å²) in [5.74, 6) is 0.00694. The Balaban J connectivity index is 2.89. The maximum atomic E-state index is 11.6. The minimum Gasteiger partial charge on any atom is -0.396 e. The number of amides is 1. The fourth-order valence-corrected chi connectivity index (χ4v) is 1.18. The number of hydrogen-bond donors (Lipinski definition) is 1. The van der Waals surface area contributed by atoms with Crippen molar-refractivity contribution < 1.29 is 4.79 Å². The third-order valence-electron chi connectivity index (χ3n) is 2.15. The normalized spacial score (nSPS) is 12.6. The van der Waals surface area contributed by atoms with Gasteiger partial charge in [0.1, 0.15) is 6.04 Å². The molecule has 5 nitrogen and oxygen atoms in total. The predicted molar refractivity (Wildman–Crippen MR) is 54.8 cm³/mol. The van der Waals surface area contributed by atoms with Gasteiger partial charge in [0.05, 0.1) is 11.4 Å². The van der Waals surface area contributed by atoms with Crippen LogP contribution >= 0.6 is 0 Å². The van der Waals surface area contributed by atoms with Crippen LogP contribution in [0.1, 0.15) is 18.7 Å². The molecule has 1 heterocycles. The summed E-state index contributed by atoms with van der Waals surface area (Å²) in [7, 11) is 3.44. The monoisotopic (exact) mass is 196 g/mol. The molecule has 0 aliphatic heterocycles. The Kier molecular flexibility index (Phi) is 2.78. The van der Waals surface area contributed by atoms with Crippen LogP contribution in [0.15, 0.2) is 6.20 Å². The van der Waals surface area contributed by atoms with Gasteiger partial charge in [-0.3, -0.25) is 9.48 Å². The number of nitrogens with zero attached hydrogens (tertiary/aromatic N) is 3. The molecular formula is C9H16N4O. The average Bonchev–Trinajstić information content (AvgIpc) is 2.44. The highest BCUT2D eigenvalue weighted by Crippen LogP contribution is 2.13. The van der Waals surface area contributed by atoms with E-state index in [-0.39, 0.29) is 11.9 Å². The Morgan fingerprint density at radius 2 is 2.21 bits per heavy atom. The summed E-state index contributed by atoms with van der Waals surface area (Å²) in [5, 5.41) is 4.16. The van der Waals surface area contributed by atoms with Crippen LogP contribution in [-0.2, 0) is 4.79 Å². The molecule has 0 saturated heterocycles. The Morgan fingerprint density at radius 1 is 1.64 bits per heavy atom.